The van der Waals surface area contributed by atoms with Crippen molar-refractivity contribution in [1.82, 2.24) is 0 Å². The summed E-state index contributed by atoms with van der Waals surface area (Å²) in [6.45, 7) is 0. The van der Waals surface area contributed by atoms with Crippen molar-refractivity contribution in [3.8, 4) is 0 Å². The molecule has 0 radical (unpaired) electrons. The summed E-state index contributed by atoms with van der Waals surface area (Å²) in [6, 6.07) is 6.27. The van der Waals surface area contributed by atoms with Crippen molar-refractivity contribution >= 4 is 11.8 Å². The van der Waals surface area contributed by atoms with Crippen LogP contribution in [0.5, 0.6) is 0 Å². The van der Waals surface area contributed by atoms with E-state index in [1.165, 1.54) is 18.2 Å². The predicted molar refractivity (Wildman–Crippen MR) is 53.1 cm³/mol. The average Bonchev–Trinajstić information content (AvgIpc) is 2.28. The lowest BCUT2D eigenvalue weighted by molar-refractivity contribution is -0.359. The van der Waals surface area contributed by atoms with Gasteiger partial charge in [-0.05, 0) is 12.1 Å². The Morgan fingerprint density at radius 2 is 1.32 bits per heavy atom. The number of hydrogen-bond donors (Lipinski definition) is 0. The Balaban J connectivity index is 2.94. The first kappa shape index (κ1) is 16.1. The molecule has 0 heterocycles. The van der Waals surface area contributed by atoms with Gasteiger partial charge in [0.1, 0.15) is 0 Å². The van der Waals surface area contributed by atoms with Crippen molar-refractivity contribution in [3.05, 3.63) is 30.3 Å². The highest BCUT2D eigenvalue weighted by Crippen LogP contribution is 2.51. The number of rotatable bonds is 4. The Bertz CT molecular complexity index is 413. The summed E-state index contributed by atoms with van der Waals surface area (Å²) >= 11 is -0.403. The number of benzene rings is 1. The number of thioether (sulfide) groups is 1. The summed E-state index contributed by atoms with van der Waals surface area (Å²) in [7, 11) is 0. The van der Waals surface area contributed by atoms with Crippen LogP contribution >= 0.6 is 11.8 Å². The molecule has 1 aromatic carbocycles. The molecule has 1 unspecified atom stereocenters. The van der Waals surface area contributed by atoms with E-state index in [9.17, 15) is 35.1 Å². The third kappa shape index (κ3) is 3.13. The maximum absolute atomic E-state index is 13.1. The molecule has 108 valence electrons. The Labute approximate surface area is 106 Å². The van der Waals surface area contributed by atoms with Gasteiger partial charge in [0.2, 0.25) is 5.50 Å². The van der Waals surface area contributed by atoms with Gasteiger partial charge in [-0.1, -0.05) is 30.0 Å². The highest BCUT2D eigenvalue weighted by Gasteiger charge is 2.76. The third-order valence-electron chi connectivity index (χ3n) is 2.04. The molecule has 0 fully saturated rings. The lowest BCUT2D eigenvalue weighted by Gasteiger charge is -2.29. The molecule has 19 heavy (non-hydrogen) atoms. The van der Waals surface area contributed by atoms with Gasteiger partial charge in [0.15, 0.2) is 0 Å². The van der Waals surface area contributed by atoms with Crippen molar-refractivity contribution in [3.63, 3.8) is 0 Å². The third-order valence-corrected chi connectivity index (χ3v) is 3.09. The minimum atomic E-state index is -6.53. The summed E-state index contributed by atoms with van der Waals surface area (Å²) < 4.78 is 99.5. The molecule has 0 aromatic heterocycles. The van der Waals surface area contributed by atoms with E-state index in [1.54, 1.807) is 0 Å². The molecular formula is C10H6F8S. The highest BCUT2D eigenvalue weighted by atomic mass is 32.2. The fourth-order valence-electron chi connectivity index (χ4n) is 1.02. The van der Waals surface area contributed by atoms with Crippen LogP contribution in [0.25, 0.3) is 0 Å². The normalized spacial score (nSPS) is 15.4. The topological polar surface area (TPSA) is 0 Å². The second-order valence-corrected chi connectivity index (χ2v) is 4.56. The van der Waals surface area contributed by atoms with E-state index in [0.29, 0.717) is 0 Å². The largest absolute Gasteiger partial charge is 0.460 e. The molecule has 1 atom stereocenters. The van der Waals surface area contributed by atoms with Gasteiger partial charge in [-0.3, -0.25) is 0 Å². The van der Waals surface area contributed by atoms with E-state index in [4.69, 9.17) is 0 Å². The summed E-state index contributed by atoms with van der Waals surface area (Å²) in [5, 5.41) is 0. The van der Waals surface area contributed by atoms with Crippen molar-refractivity contribution in [2.24, 2.45) is 0 Å². The maximum atomic E-state index is 13.1. The van der Waals surface area contributed by atoms with E-state index < -0.39 is 35.3 Å². The molecule has 0 bridgehead atoms. The fraction of sp³-hybridized carbons (Fsp3) is 0.400. The molecule has 0 aliphatic heterocycles. The summed E-state index contributed by atoms with van der Waals surface area (Å²) in [5.74, 6) is -12.3. The summed E-state index contributed by atoms with van der Waals surface area (Å²) in [4.78, 5) is -0.187. The molecule has 1 rings (SSSR count). The first-order chi connectivity index (χ1) is 8.50. The lowest BCUT2D eigenvalue weighted by atomic mass is 10.2. The number of hydrogen-bond acceptors (Lipinski definition) is 1. The second kappa shape index (κ2) is 5.18. The smallest absolute Gasteiger partial charge is 0.228 e. The van der Waals surface area contributed by atoms with Crippen molar-refractivity contribution in [1.29, 1.82) is 0 Å². The van der Waals surface area contributed by atoms with Gasteiger partial charge >= 0.3 is 18.0 Å². The van der Waals surface area contributed by atoms with E-state index in [-0.39, 0.29) is 4.90 Å². The van der Waals surface area contributed by atoms with Crippen LogP contribution in [0.15, 0.2) is 35.2 Å². The quantitative estimate of drug-likeness (QED) is 0.562. The Morgan fingerprint density at radius 3 is 1.74 bits per heavy atom. The van der Waals surface area contributed by atoms with Crippen molar-refractivity contribution < 1.29 is 35.1 Å². The van der Waals surface area contributed by atoms with Gasteiger partial charge in [-0.25, -0.2) is 4.39 Å². The zero-order valence-electron chi connectivity index (χ0n) is 8.90. The first-order valence-electron chi connectivity index (χ1n) is 4.68. The van der Waals surface area contributed by atoms with Crippen molar-refractivity contribution in [2.75, 3.05) is 0 Å². The van der Waals surface area contributed by atoms with E-state index in [1.807, 2.05) is 0 Å². The van der Waals surface area contributed by atoms with E-state index in [2.05, 4.69) is 0 Å². The maximum Gasteiger partial charge on any atom is 0.460 e. The molecule has 0 aliphatic rings. The standard InChI is InChI=1S/C10H6F8S/c11-7(19-6-4-2-1-3-5-6)8(12,13)9(14,15)10(16,17)18/h1-5,7H. The van der Waals surface area contributed by atoms with Gasteiger partial charge < -0.3 is 0 Å². The van der Waals surface area contributed by atoms with Crippen LogP contribution in [0.1, 0.15) is 0 Å². The summed E-state index contributed by atoms with van der Waals surface area (Å²) in [5.41, 5.74) is -3.73. The van der Waals surface area contributed by atoms with Gasteiger partial charge in [0.25, 0.3) is 0 Å². The van der Waals surface area contributed by atoms with Crippen LogP contribution in [-0.4, -0.2) is 23.5 Å². The number of halogens is 8. The molecule has 9 heteroatoms. The SMILES string of the molecule is FC(Sc1ccccc1)C(F)(F)C(F)(F)C(F)(F)F. The zero-order chi connectivity index (χ0) is 14.9. The van der Waals surface area contributed by atoms with Crippen LogP contribution in [0, 0.1) is 0 Å². The zero-order valence-corrected chi connectivity index (χ0v) is 9.71. The van der Waals surface area contributed by atoms with E-state index >= 15 is 0 Å². The Morgan fingerprint density at radius 1 is 0.842 bits per heavy atom. The molecule has 0 saturated carbocycles. The van der Waals surface area contributed by atoms with Crippen molar-refractivity contribution in [2.45, 2.75) is 28.4 Å². The van der Waals surface area contributed by atoms with Crippen LogP contribution in [0.3, 0.4) is 0 Å². The van der Waals surface area contributed by atoms with Crippen LogP contribution in [0.2, 0.25) is 0 Å². The Hall–Kier alpha value is -0.990. The van der Waals surface area contributed by atoms with Crippen LogP contribution in [0.4, 0.5) is 35.1 Å². The first-order valence-corrected chi connectivity index (χ1v) is 5.56. The fourth-order valence-corrected chi connectivity index (χ4v) is 1.87. The highest BCUT2D eigenvalue weighted by molar-refractivity contribution is 7.99. The van der Waals surface area contributed by atoms with Crippen LogP contribution in [-0.2, 0) is 0 Å². The molecule has 0 spiro atoms. The van der Waals surface area contributed by atoms with Gasteiger partial charge in [-0.2, -0.15) is 30.7 Å². The van der Waals surface area contributed by atoms with Gasteiger partial charge in [-0.15, -0.1) is 0 Å². The second-order valence-electron chi connectivity index (χ2n) is 3.44. The van der Waals surface area contributed by atoms with Gasteiger partial charge in [0.05, 0.1) is 0 Å². The molecule has 0 nitrogen and oxygen atoms in total. The summed E-state index contributed by atoms with van der Waals surface area (Å²) in [6.07, 6.45) is -6.53. The average molecular weight is 310 g/mol. The predicted octanol–water partition coefficient (Wildman–Crippen LogP) is 4.91. The number of alkyl halides is 8. The van der Waals surface area contributed by atoms with Crippen LogP contribution < -0.4 is 0 Å². The van der Waals surface area contributed by atoms with Gasteiger partial charge in [0, 0.05) is 4.90 Å². The minimum absolute atomic E-state index is 0.187. The van der Waals surface area contributed by atoms with E-state index in [0.717, 1.165) is 12.1 Å². The molecule has 0 amide bonds. The monoisotopic (exact) mass is 310 g/mol. The molecule has 0 aliphatic carbocycles. The molecule has 0 N–H and O–H groups in total. The molecular weight excluding hydrogens is 304 g/mol. The minimum Gasteiger partial charge on any atom is -0.228 e. The molecule has 0 saturated heterocycles. The lowest BCUT2D eigenvalue weighted by Crippen LogP contribution is -2.55. The molecule has 1 aromatic rings. The Kier molecular flexibility index (Phi) is 4.38.